The number of rotatable bonds is 4. The summed E-state index contributed by atoms with van der Waals surface area (Å²) in [5.74, 6) is -0.134. The summed E-state index contributed by atoms with van der Waals surface area (Å²) in [6.07, 6.45) is 1.06. The highest BCUT2D eigenvalue weighted by Gasteiger charge is 2.31. The van der Waals surface area contributed by atoms with Gasteiger partial charge in [0, 0.05) is 32.1 Å². The zero-order valence-corrected chi connectivity index (χ0v) is 15.9. The van der Waals surface area contributed by atoms with Crippen LogP contribution >= 0.6 is 0 Å². The summed E-state index contributed by atoms with van der Waals surface area (Å²) in [7, 11) is 0. The van der Waals surface area contributed by atoms with Gasteiger partial charge in [0.05, 0.1) is 5.56 Å². The summed E-state index contributed by atoms with van der Waals surface area (Å²) in [6, 6.07) is 15.1. The fraction of sp³-hybridized carbons (Fsp3) is 0.364. The Bertz CT molecular complexity index is 820. The van der Waals surface area contributed by atoms with Crippen LogP contribution in [-0.4, -0.2) is 45.9 Å². The van der Waals surface area contributed by atoms with Gasteiger partial charge in [-0.25, -0.2) is 0 Å². The number of amides is 2. The van der Waals surface area contributed by atoms with Crippen LogP contribution in [0.1, 0.15) is 41.3 Å². The van der Waals surface area contributed by atoms with Crippen LogP contribution in [-0.2, 0) is 11.3 Å². The first-order valence-corrected chi connectivity index (χ1v) is 9.42. The molecule has 0 aromatic heterocycles. The van der Waals surface area contributed by atoms with Crippen molar-refractivity contribution in [3.63, 3.8) is 0 Å². The summed E-state index contributed by atoms with van der Waals surface area (Å²) in [5, 5.41) is 10.3. The van der Waals surface area contributed by atoms with Crippen LogP contribution in [0.2, 0.25) is 0 Å². The van der Waals surface area contributed by atoms with Crippen molar-refractivity contribution in [1.82, 2.24) is 9.80 Å². The average molecular weight is 366 g/mol. The van der Waals surface area contributed by atoms with E-state index >= 15 is 0 Å². The number of benzene rings is 2. The predicted molar refractivity (Wildman–Crippen MR) is 104 cm³/mol. The molecular weight excluding hydrogens is 340 g/mol. The van der Waals surface area contributed by atoms with Crippen molar-refractivity contribution in [2.75, 3.05) is 13.1 Å². The molecular formula is C22H26N2O3. The molecule has 2 aromatic rings. The van der Waals surface area contributed by atoms with Crippen molar-refractivity contribution in [3.05, 3.63) is 65.2 Å². The molecule has 1 atom stereocenters. The van der Waals surface area contributed by atoms with Crippen molar-refractivity contribution in [1.29, 1.82) is 0 Å². The van der Waals surface area contributed by atoms with Crippen molar-refractivity contribution >= 4 is 11.8 Å². The summed E-state index contributed by atoms with van der Waals surface area (Å²) in [6.45, 7) is 5.20. The van der Waals surface area contributed by atoms with Gasteiger partial charge in [-0.1, -0.05) is 49.4 Å². The molecule has 1 N–H and O–H groups in total. The summed E-state index contributed by atoms with van der Waals surface area (Å²) >= 11 is 0. The highest BCUT2D eigenvalue weighted by atomic mass is 16.3. The van der Waals surface area contributed by atoms with Crippen LogP contribution in [0, 0.1) is 6.92 Å². The number of carbonyl (C=O) groups is 2. The molecule has 0 spiro atoms. The molecule has 1 heterocycles. The van der Waals surface area contributed by atoms with Crippen molar-refractivity contribution in [2.24, 2.45) is 0 Å². The number of para-hydroxylation sites is 1. The quantitative estimate of drug-likeness (QED) is 0.903. The average Bonchev–Trinajstić information content (AvgIpc) is 2.84. The molecule has 0 radical (unpaired) electrons. The van der Waals surface area contributed by atoms with Gasteiger partial charge in [0.1, 0.15) is 5.75 Å². The Kier molecular flexibility index (Phi) is 5.79. The van der Waals surface area contributed by atoms with E-state index in [9.17, 15) is 14.7 Å². The Labute approximate surface area is 160 Å². The van der Waals surface area contributed by atoms with Gasteiger partial charge >= 0.3 is 0 Å². The standard InChI is InChI=1S/C22H26N2O3/c1-3-18-15-23(22(27)19-11-7-8-16(2)21(19)26)13-12-20(25)24(18)14-17-9-5-4-6-10-17/h4-11,18,26H,3,12-15H2,1-2H3/t18-/m0/s1. The van der Waals surface area contributed by atoms with Crippen molar-refractivity contribution < 1.29 is 14.7 Å². The predicted octanol–water partition coefficient (Wildman–Crippen LogP) is 3.35. The third-order valence-electron chi connectivity index (χ3n) is 5.21. The lowest BCUT2D eigenvalue weighted by Crippen LogP contribution is -2.43. The number of carbonyl (C=O) groups excluding carboxylic acids is 2. The van der Waals surface area contributed by atoms with E-state index in [1.165, 1.54) is 0 Å². The third-order valence-corrected chi connectivity index (χ3v) is 5.21. The van der Waals surface area contributed by atoms with E-state index in [0.717, 1.165) is 12.0 Å². The van der Waals surface area contributed by atoms with Gasteiger partial charge < -0.3 is 14.9 Å². The van der Waals surface area contributed by atoms with E-state index in [2.05, 4.69) is 0 Å². The van der Waals surface area contributed by atoms with E-state index < -0.39 is 0 Å². The van der Waals surface area contributed by atoms with Gasteiger partial charge in [-0.15, -0.1) is 0 Å². The first kappa shape index (κ1) is 19.0. The zero-order valence-electron chi connectivity index (χ0n) is 15.9. The maximum absolute atomic E-state index is 13.0. The Morgan fingerprint density at radius 2 is 1.89 bits per heavy atom. The SMILES string of the molecule is CC[C@H]1CN(C(=O)c2cccc(C)c2O)CCC(=O)N1Cc1ccccc1. The van der Waals surface area contributed by atoms with Gasteiger partial charge in [-0.2, -0.15) is 0 Å². The van der Waals surface area contributed by atoms with E-state index in [1.54, 1.807) is 30.0 Å². The van der Waals surface area contributed by atoms with Crippen LogP contribution in [0.3, 0.4) is 0 Å². The molecule has 142 valence electrons. The first-order valence-electron chi connectivity index (χ1n) is 9.42. The lowest BCUT2D eigenvalue weighted by Gasteiger charge is -2.31. The number of phenolic OH excluding ortho intramolecular Hbond substituents is 1. The third kappa shape index (κ3) is 4.13. The van der Waals surface area contributed by atoms with Crippen LogP contribution < -0.4 is 0 Å². The van der Waals surface area contributed by atoms with Gasteiger partial charge in [0.15, 0.2) is 0 Å². The number of phenols is 1. The maximum Gasteiger partial charge on any atom is 0.257 e. The molecule has 0 aliphatic carbocycles. The maximum atomic E-state index is 13.0. The van der Waals surface area contributed by atoms with E-state index in [4.69, 9.17) is 0 Å². The Hall–Kier alpha value is -2.82. The fourth-order valence-electron chi connectivity index (χ4n) is 3.56. The molecule has 2 aromatic carbocycles. The highest BCUT2D eigenvalue weighted by Crippen LogP contribution is 2.25. The largest absolute Gasteiger partial charge is 0.507 e. The van der Waals surface area contributed by atoms with Gasteiger partial charge in [0.25, 0.3) is 5.91 Å². The van der Waals surface area contributed by atoms with E-state index in [1.807, 2.05) is 42.2 Å². The fourth-order valence-corrected chi connectivity index (χ4v) is 3.56. The van der Waals surface area contributed by atoms with E-state index in [0.29, 0.717) is 37.2 Å². The molecule has 1 fully saturated rings. The number of aryl methyl sites for hydroxylation is 1. The van der Waals surface area contributed by atoms with Crippen LogP contribution in [0.15, 0.2) is 48.5 Å². The number of nitrogens with zero attached hydrogens (tertiary/aromatic N) is 2. The Balaban J connectivity index is 1.82. The smallest absolute Gasteiger partial charge is 0.257 e. The minimum Gasteiger partial charge on any atom is -0.507 e. The molecule has 0 unspecified atom stereocenters. The highest BCUT2D eigenvalue weighted by molar-refractivity contribution is 5.97. The molecule has 0 bridgehead atoms. The summed E-state index contributed by atoms with van der Waals surface area (Å²) in [5.41, 5.74) is 2.05. The second kappa shape index (κ2) is 8.25. The molecule has 1 saturated heterocycles. The van der Waals surface area contributed by atoms with Crippen LogP contribution in [0.4, 0.5) is 0 Å². The minimum absolute atomic E-state index is 0.0206. The van der Waals surface area contributed by atoms with Crippen LogP contribution in [0.25, 0.3) is 0 Å². The van der Waals surface area contributed by atoms with Gasteiger partial charge in [0.2, 0.25) is 5.91 Å². The molecule has 1 aliphatic heterocycles. The molecule has 5 heteroatoms. The van der Waals surface area contributed by atoms with Gasteiger partial charge in [-0.3, -0.25) is 9.59 Å². The second-order valence-corrected chi connectivity index (χ2v) is 7.04. The number of hydrogen-bond acceptors (Lipinski definition) is 3. The molecule has 0 saturated carbocycles. The minimum atomic E-state index is -0.219. The summed E-state index contributed by atoms with van der Waals surface area (Å²) < 4.78 is 0. The number of hydrogen-bond donors (Lipinski definition) is 1. The normalized spacial score (nSPS) is 17.7. The van der Waals surface area contributed by atoms with E-state index in [-0.39, 0.29) is 23.6 Å². The lowest BCUT2D eigenvalue weighted by molar-refractivity contribution is -0.133. The molecule has 27 heavy (non-hydrogen) atoms. The monoisotopic (exact) mass is 366 g/mol. The molecule has 3 rings (SSSR count). The molecule has 1 aliphatic rings. The van der Waals surface area contributed by atoms with Crippen LogP contribution in [0.5, 0.6) is 5.75 Å². The number of aromatic hydroxyl groups is 1. The second-order valence-electron chi connectivity index (χ2n) is 7.04. The molecule has 5 nitrogen and oxygen atoms in total. The Morgan fingerprint density at radius 1 is 1.15 bits per heavy atom. The topological polar surface area (TPSA) is 60.9 Å². The van der Waals surface area contributed by atoms with Crippen molar-refractivity contribution in [3.8, 4) is 5.75 Å². The van der Waals surface area contributed by atoms with Gasteiger partial charge in [-0.05, 0) is 30.5 Å². The summed E-state index contributed by atoms with van der Waals surface area (Å²) in [4.78, 5) is 29.3. The first-order chi connectivity index (χ1) is 13.0. The zero-order chi connectivity index (χ0) is 19.4. The Morgan fingerprint density at radius 3 is 2.59 bits per heavy atom. The lowest BCUT2D eigenvalue weighted by atomic mass is 10.1. The van der Waals surface area contributed by atoms with Crippen molar-refractivity contribution in [2.45, 2.75) is 39.3 Å². The molecule has 2 amide bonds.